The quantitative estimate of drug-likeness (QED) is 0.680. The predicted octanol–water partition coefficient (Wildman–Crippen LogP) is 3.16. The van der Waals surface area contributed by atoms with Gasteiger partial charge in [0.1, 0.15) is 0 Å². The smallest absolute Gasteiger partial charge is 0.0488 e. The molecule has 0 aliphatic carbocycles. The van der Waals surface area contributed by atoms with Crippen LogP contribution in [0.4, 0.5) is 0 Å². The first-order chi connectivity index (χ1) is 6.24. The summed E-state index contributed by atoms with van der Waals surface area (Å²) in [7, 11) is 0. The Kier molecular flexibility index (Phi) is 1.87. The van der Waals surface area contributed by atoms with E-state index in [1.54, 1.807) is 0 Å². The molecule has 1 N–H and O–H groups in total. The molecule has 1 aromatic carbocycles. The van der Waals surface area contributed by atoms with Gasteiger partial charge in [-0.1, -0.05) is 18.2 Å². The second-order valence-electron chi connectivity index (χ2n) is 3.48. The van der Waals surface area contributed by atoms with Gasteiger partial charge in [0.15, 0.2) is 0 Å². The van der Waals surface area contributed by atoms with Gasteiger partial charge in [0.05, 0.1) is 0 Å². The summed E-state index contributed by atoms with van der Waals surface area (Å²) >= 11 is 0. The summed E-state index contributed by atoms with van der Waals surface area (Å²) in [6.45, 7) is 8.19. The third-order valence-corrected chi connectivity index (χ3v) is 2.61. The summed E-state index contributed by atoms with van der Waals surface area (Å²) in [6, 6.07) is 6.39. The maximum Gasteiger partial charge on any atom is 0.0488 e. The number of para-hydroxylation sites is 1. The van der Waals surface area contributed by atoms with E-state index in [1.165, 1.54) is 27.7 Å². The van der Waals surface area contributed by atoms with Gasteiger partial charge < -0.3 is 4.98 Å². The van der Waals surface area contributed by atoms with E-state index in [0.29, 0.717) is 0 Å². The van der Waals surface area contributed by atoms with Crippen LogP contribution in [-0.4, -0.2) is 4.98 Å². The zero-order chi connectivity index (χ0) is 9.42. The molecule has 0 atom stereocenters. The monoisotopic (exact) mass is 172 g/mol. The maximum absolute atomic E-state index is 3.95. The lowest BCUT2D eigenvalue weighted by molar-refractivity contribution is 1.19. The normalized spacial score (nSPS) is 11.0. The van der Waals surface area contributed by atoms with E-state index in [4.69, 9.17) is 0 Å². The summed E-state index contributed by atoms with van der Waals surface area (Å²) < 4.78 is 0. The molecule has 0 fully saturated rings. The number of aryl methyl sites for hydroxylation is 2. The van der Waals surface area contributed by atoms with Crippen molar-refractivity contribution in [2.45, 2.75) is 20.3 Å². The Morgan fingerprint density at radius 3 is 2.77 bits per heavy atom. The van der Waals surface area contributed by atoms with Crippen molar-refractivity contribution >= 4 is 10.9 Å². The van der Waals surface area contributed by atoms with Crippen molar-refractivity contribution in [3.63, 3.8) is 0 Å². The summed E-state index contributed by atoms with van der Waals surface area (Å²) in [5.74, 6) is 0. The van der Waals surface area contributed by atoms with Crippen molar-refractivity contribution in [2.75, 3.05) is 0 Å². The van der Waals surface area contributed by atoms with Crippen LogP contribution in [-0.2, 0) is 6.42 Å². The van der Waals surface area contributed by atoms with Crippen molar-refractivity contribution in [2.24, 2.45) is 0 Å². The number of H-pyrrole nitrogens is 1. The fourth-order valence-corrected chi connectivity index (χ4v) is 1.87. The number of fused-ring (bicyclic) bond motifs is 1. The summed E-state index contributed by atoms with van der Waals surface area (Å²) in [4.78, 5) is 3.41. The van der Waals surface area contributed by atoms with E-state index in [2.05, 4.69) is 44.0 Å². The average molecular weight is 172 g/mol. The molecule has 13 heavy (non-hydrogen) atoms. The molecule has 2 rings (SSSR count). The Labute approximate surface area is 78.8 Å². The molecule has 1 nitrogen and oxygen atoms in total. The van der Waals surface area contributed by atoms with Crippen LogP contribution in [0.15, 0.2) is 18.2 Å². The first-order valence-electron chi connectivity index (χ1n) is 4.60. The zero-order valence-electron chi connectivity index (χ0n) is 8.15. The molecule has 0 spiro atoms. The molecule has 2 aromatic rings. The minimum Gasteiger partial charge on any atom is -0.358 e. The lowest BCUT2D eigenvalue weighted by Gasteiger charge is -1.96. The first-order valence-corrected chi connectivity index (χ1v) is 4.60. The van der Waals surface area contributed by atoms with E-state index in [0.717, 1.165) is 6.42 Å². The highest BCUT2D eigenvalue weighted by molar-refractivity contribution is 5.87. The summed E-state index contributed by atoms with van der Waals surface area (Å²) in [6.07, 6.45) is 0.856. The molecule has 1 aromatic heterocycles. The van der Waals surface area contributed by atoms with Crippen LogP contribution in [0.25, 0.3) is 10.9 Å². The van der Waals surface area contributed by atoms with Gasteiger partial charge in [-0.05, 0) is 38.3 Å². The number of benzene rings is 1. The maximum atomic E-state index is 3.95. The zero-order valence-corrected chi connectivity index (χ0v) is 8.15. The van der Waals surface area contributed by atoms with Crippen LogP contribution in [0.5, 0.6) is 0 Å². The molecule has 0 aliphatic rings. The second-order valence-corrected chi connectivity index (χ2v) is 3.48. The van der Waals surface area contributed by atoms with Gasteiger partial charge in [0.2, 0.25) is 0 Å². The minimum absolute atomic E-state index is 0.856. The van der Waals surface area contributed by atoms with E-state index in [-0.39, 0.29) is 0 Å². The van der Waals surface area contributed by atoms with E-state index in [1.807, 2.05) is 0 Å². The van der Waals surface area contributed by atoms with Gasteiger partial charge in [0.25, 0.3) is 0 Å². The van der Waals surface area contributed by atoms with Crippen LogP contribution in [0.1, 0.15) is 16.8 Å². The van der Waals surface area contributed by atoms with Crippen molar-refractivity contribution in [1.29, 1.82) is 0 Å². The standard InChI is InChI=1S/C12H14N/c1-4-10-9(3)13-12-8(2)6-5-7-11(10)12/h5-7,13H,1,4H2,2-3H3. The molecule has 0 bridgehead atoms. The van der Waals surface area contributed by atoms with Crippen molar-refractivity contribution in [3.05, 3.63) is 41.9 Å². The van der Waals surface area contributed by atoms with E-state index < -0.39 is 0 Å². The summed E-state index contributed by atoms with van der Waals surface area (Å²) in [5, 5.41) is 1.33. The van der Waals surface area contributed by atoms with E-state index in [9.17, 15) is 0 Å². The van der Waals surface area contributed by atoms with Crippen LogP contribution < -0.4 is 0 Å². The molecule has 1 heterocycles. The summed E-state index contributed by atoms with van der Waals surface area (Å²) in [5.41, 5.74) is 5.16. The molecule has 0 amide bonds. The van der Waals surface area contributed by atoms with Crippen molar-refractivity contribution in [3.8, 4) is 0 Å². The number of aromatic nitrogens is 1. The van der Waals surface area contributed by atoms with Crippen LogP contribution in [0.2, 0.25) is 0 Å². The fourth-order valence-electron chi connectivity index (χ4n) is 1.87. The van der Waals surface area contributed by atoms with Crippen LogP contribution in [0.3, 0.4) is 0 Å². The molecular weight excluding hydrogens is 158 g/mol. The minimum atomic E-state index is 0.856. The molecule has 1 heteroatoms. The first kappa shape index (κ1) is 8.36. The number of hydrogen-bond acceptors (Lipinski definition) is 0. The van der Waals surface area contributed by atoms with Crippen molar-refractivity contribution in [1.82, 2.24) is 4.98 Å². The fraction of sp³-hybridized carbons (Fsp3) is 0.250. The molecule has 0 saturated carbocycles. The lowest BCUT2D eigenvalue weighted by atomic mass is 10.1. The van der Waals surface area contributed by atoms with Gasteiger partial charge >= 0.3 is 0 Å². The Hall–Kier alpha value is -1.24. The molecular formula is C12H14N. The number of nitrogens with one attached hydrogen (secondary N) is 1. The SMILES string of the molecule is [CH2]Cc1c(C)[nH]c2c(C)cccc12. The molecule has 0 saturated heterocycles. The molecule has 1 radical (unpaired) electrons. The Bertz CT molecular complexity index is 438. The van der Waals surface area contributed by atoms with Gasteiger partial charge in [-0.3, -0.25) is 0 Å². The number of hydrogen-bond donors (Lipinski definition) is 1. The van der Waals surface area contributed by atoms with Gasteiger partial charge in [0, 0.05) is 16.6 Å². The molecule has 0 unspecified atom stereocenters. The lowest BCUT2D eigenvalue weighted by Crippen LogP contribution is -1.80. The van der Waals surface area contributed by atoms with Crippen LogP contribution in [0, 0.1) is 20.8 Å². The van der Waals surface area contributed by atoms with E-state index >= 15 is 0 Å². The highest BCUT2D eigenvalue weighted by Crippen LogP contribution is 2.24. The number of aromatic amines is 1. The highest BCUT2D eigenvalue weighted by atomic mass is 14.7. The highest BCUT2D eigenvalue weighted by Gasteiger charge is 2.06. The Morgan fingerprint density at radius 1 is 1.31 bits per heavy atom. The second kappa shape index (κ2) is 2.91. The molecule has 67 valence electrons. The van der Waals surface area contributed by atoms with Crippen LogP contribution >= 0.6 is 0 Å². The Morgan fingerprint density at radius 2 is 2.08 bits per heavy atom. The van der Waals surface area contributed by atoms with Gasteiger partial charge in [-0.25, -0.2) is 0 Å². The van der Waals surface area contributed by atoms with Gasteiger partial charge in [-0.15, -0.1) is 0 Å². The topological polar surface area (TPSA) is 15.8 Å². The number of rotatable bonds is 1. The third-order valence-electron chi connectivity index (χ3n) is 2.61. The van der Waals surface area contributed by atoms with Crippen molar-refractivity contribution < 1.29 is 0 Å². The van der Waals surface area contributed by atoms with Gasteiger partial charge in [-0.2, -0.15) is 0 Å². The predicted molar refractivity (Wildman–Crippen MR) is 56.8 cm³/mol. The Balaban J connectivity index is 2.86. The molecule has 0 aliphatic heterocycles. The third kappa shape index (κ3) is 1.15. The average Bonchev–Trinajstić information content (AvgIpc) is 2.43. The largest absolute Gasteiger partial charge is 0.358 e.